The van der Waals surface area contributed by atoms with Crippen LogP contribution in [0.1, 0.15) is 27.7 Å². The third-order valence-electron chi connectivity index (χ3n) is 5.10. The van der Waals surface area contributed by atoms with Crippen molar-refractivity contribution in [3.05, 3.63) is 66.0 Å². The van der Waals surface area contributed by atoms with Crippen molar-refractivity contribution in [3.8, 4) is 17.2 Å². The highest BCUT2D eigenvalue weighted by atomic mass is 32.2. The molecule has 29 heavy (non-hydrogen) atoms. The summed E-state index contributed by atoms with van der Waals surface area (Å²) in [6.45, 7) is 1.66. The standard InChI is InChI=1S/C21H20N4O3S/c26-21(17-13-22-25(23-17)16-4-2-1-3-5-16)24-9-8-20(29-11-10-24)15-6-7-18-19(12-15)28-14-27-18/h1-7,12-13,20H,8-11,14H2/t20-/m0/s1. The lowest BCUT2D eigenvalue weighted by Crippen LogP contribution is -2.33. The number of aromatic nitrogens is 3. The van der Waals surface area contributed by atoms with E-state index in [4.69, 9.17) is 9.47 Å². The topological polar surface area (TPSA) is 69.5 Å². The van der Waals surface area contributed by atoms with Gasteiger partial charge in [0, 0.05) is 24.1 Å². The summed E-state index contributed by atoms with van der Waals surface area (Å²) in [4.78, 5) is 16.3. The minimum Gasteiger partial charge on any atom is -0.454 e. The number of carbonyl (C=O) groups excluding carboxylic acids is 1. The molecule has 0 unspecified atom stereocenters. The van der Waals surface area contributed by atoms with Crippen molar-refractivity contribution in [2.45, 2.75) is 11.7 Å². The second kappa shape index (κ2) is 7.79. The molecule has 3 heterocycles. The minimum absolute atomic E-state index is 0.0703. The molecule has 3 aromatic rings. The molecule has 5 rings (SSSR count). The van der Waals surface area contributed by atoms with Crippen LogP contribution in [-0.4, -0.2) is 51.4 Å². The summed E-state index contributed by atoms with van der Waals surface area (Å²) in [5.41, 5.74) is 2.42. The first-order valence-corrected chi connectivity index (χ1v) is 10.6. The van der Waals surface area contributed by atoms with Gasteiger partial charge in [0.25, 0.3) is 5.91 Å². The van der Waals surface area contributed by atoms with Gasteiger partial charge < -0.3 is 14.4 Å². The molecule has 1 atom stereocenters. The van der Waals surface area contributed by atoms with Crippen LogP contribution in [-0.2, 0) is 0 Å². The lowest BCUT2D eigenvalue weighted by molar-refractivity contribution is 0.0760. The Morgan fingerprint density at radius 1 is 1.07 bits per heavy atom. The lowest BCUT2D eigenvalue weighted by Gasteiger charge is -2.19. The molecule has 0 aliphatic carbocycles. The minimum atomic E-state index is -0.0703. The third kappa shape index (κ3) is 3.67. The summed E-state index contributed by atoms with van der Waals surface area (Å²) >= 11 is 1.87. The molecule has 0 N–H and O–H groups in total. The first-order chi connectivity index (χ1) is 14.3. The van der Waals surface area contributed by atoms with E-state index in [1.165, 1.54) is 10.4 Å². The first kappa shape index (κ1) is 18.1. The molecule has 7 nitrogen and oxygen atoms in total. The monoisotopic (exact) mass is 408 g/mol. The number of amides is 1. The average molecular weight is 408 g/mol. The van der Waals surface area contributed by atoms with Crippen LogP contribution in [0, 0.1) is 0 Å². The number of rotatable bonds is 3. The van der Waals surface area contributed by atoms with Gasteiger partial charge in [-0.1, -0.05) is 24.3 Å². The molecule has 0 saturated carbocycles. The summed E-state index contributed by atoms with van der Waals surface area (Å²) in [5.74, 6) is 2.40. The van der Waals surface area contributed by atoms with Crippen LogP contribution in [0.15, 0.2) is 54.7 Å². The molecule has 0 spiro atoms. The highest BCUT2D eigenvalue weighted by Gasteiger charge is 2.26. The van der Waals surface area contributed by atoms with E-state index >= 15 is 0 Å². The quantitative estimate of drug-likeness (QED) is 0.662. The van der Waals surface area contributed by atoms with Gasteiger partial charge in [-0.05, 0) is 36.2 Å². The van der Waals surface area contributed by atoms with Gasteiger partial charge in [0.1, 0.15) is 0 Å². The van der Waals surface area contributed by atoms with Crippen LogP contribution in [0.5, 0.6) is 11.5 Å². The van der Waals surface area contributed by atoms with Crippen LogP contribution in [0.4, 0.5) is 0 Å². The van der Waals surface area contributed by atoms with E-state index in [9.17, 15) is 4.79 Å². The Labute approximate surface area is 172 Å². The molecular weight excluding hydrogens is 388 g/mol. The van der Waals surface area contributed by atoms with E-state index in [-0.39, 0.29) is 12.7 Å². The fraction of sp³-hybridized carbons (Fsp3) is 0.286. The van der Waals surface area contributed by atoms with Crippen LogP contribution in [0.2, 0.25) is 0 Å². The second-order valence-electron chi connectivity index (χ2n) is 6.91. The van der Waals surface area contributed by atoms with Crippen LogP contribution in [0.25, 0.3) is 5.69 Å². The van der Waals surface area contributed by atoms with Gasteiger partial charge in [0.2, 0.25) is 6.79 Å². The molecule has 1 fully saturated rings. The zero-order chi connectivity index (χ0) is 19.6. The number of fused-ring (bicyclic) bond motifs is 1. The Morgan fingerprint density at radius 3 is 2.83 bits per heavy atom. The van der Waals surface area contributed by atoms with Gasteiger partial charge in [0.15, 0.2) is 17.2 Å². The van der Waals surface area contributed by atoms with Crippen molar-refractivity contribution >= 4 is 17.7 Å². The summed E-state index contributed by atoms with van der Waals surface area (Å²) < 4.78 is 10.9. The second-order valence-corrected chi connectivity index (χ2v) is 8.22. The number of hydrogen-bond acceptors (Lipinski definition) is 6. The van der Waals surface area contributed by atoms with Gasteiger partial charge >= 0.3 is 0 Å². The molecule has 1 aromatic heterocycles. The van der Waals surface area contributed by atoms with Crippen molar-refractivity contribution in [1.29, 1.82) is 0 Å². The molecule has 1 amide bonds. The molecule has 2 aliphatic rings. The first-order valence-electron chi connectivity index (χ1n) is 9.56. The number of carbonyl (C=O) groups is 1. The largest absolute Gasteiger partial charge is 0.454 e. The summed E-state index contributed by atoms with van der Waals surface area (Å²) in [6.07, 6.45) is 2.42. The van der Waals surface area contributed by atoms with Crippen molar-refractivity contribution < 1.29 is 14.3 Å². The van der Waals surface area contributed by atoms with Gasteiger partial charge in [-0.2, -0.15) is 21.7 Å². The van der Waals surface area contributed by atoms with E-state index in [0.29, 0.717) is 24.0 Å². The Kier molecular flexibility index (Phi) is 4.85. The zero-order valence-corrected chi connectivity index (χ0v) is 16.5. The molecule has 0 bridgehead atoms. The Morgan fingerprint density at radius 2 is 1.93 bits per heavy atom. The van der Waals surface area contributed by atoms with Crippen molar-refractivity contribution in [1.82, 2.24) is 19.9 Å². The van der Waals surface area contributed by atoms with Crippen molar-refractivity contribution in [2.75, 3.05) is 25.6 Å². The van der Waals surface area contributed by atoms with E-state index < -0.39 is 0 Å². The smallest absolute Gasteiger partial charge is 0.276 e. The number of nitrogens with zero attached hydrogens (tertiary/aromatic N) is 4. The molecular formula is C21H20N4O3S. The molecule has 0 radical (unpaired) electrons. The predicted molar refractivity (Wildman–Crippen MR) is 110 cm³/mol. The van der Waals surface area contributed by atoms with Crippen LogP contribution < -0.4 is 9.47 Å². The Bertz CT molecular complexity index is 1020. The molecule has 8 heteroatoms. The van der Waals surface area contributed by atoms with E-state index in [2.05, 4.69) is 22.3 Å². The summed E-state index contributed by atoms with van der Waals surface area (Å²) in [7, 11) is 0. The maximum Gasteiger partial charge on any atom is 0.276 e. The van der Waals surface area contributed by atoms with E-state index in [1.807, 2.05) is 53.1 Å². The molecule has 2 aromatic carbocycles. The van der Waals surface area contributed by atoms with Gasteiger partial charge in [0.05, 0.1) is 11.9 Å². The Hall–Kier alpha value is -3.00. The average Bonchev–Trinajstić information content (AvgIpc) is 3.38. The van der Waals surface area contributed by atoms with Crippen LogP contribution >= 0.6 is 11.8 Å². The highest BCUT2D eigenvalue weighted by molar-refractivity contribution is 7.99. The predicted octanol–water partition coefficient (Wildman–Crippen LogP) is 3.32. The maximum atomic E-state index is 13.0. The molecule has 148 valence electrons. The maximum absolute atomic E-state index is 13.0. The van der Waals surface area contributed by atoms with Crippen molar-refractivity contribution in [3.63, 3.8) is 0 Å². The third-order valence-corrected chi connectivity index (χ3v) is 6.42. The fourth-order valence-corrected chi connectivity index (χ4v) is 4.78. The number of benzene rings is 2. The summed E-state index contributed by atoms with van der Waals surface area (Å²) in [6, 6.07) is 15.7. The molecule has 1 saturated heterocycles. The van der Waals surface area contributed by atoms with E-state index in [1.54, 1.807) is 6.20 Å². The Balaban J connectivity index is 1.27. The fourth-order valence-electron chi connectivity index (χ4n) is 3.56. The van der Waals surface area contributed by atoms with E-state index in [0.717, 1.165) is 29.4 Å². The lowest BCUT2D eigenvalue weighted by atomic mass is 10.1. The van der Waals surface area contributed by atoms with Gasteiger partial charge in [-0.25, -0.2) is 0 Å². The number of para-hydroxylation sites is 1. The highest BCUT2D eigenvalue weighted by Crippen LogP contribution is 2.40. The van der Waals surface area contributed by atoms with Gasteiger partial charge in [-0.3, -0.25) is 4.79 Å². The normalized spacial score (nSPS) is 18.5. The van der Waals surface area contributed by atoms with Crippen molar-refractivity contribution in [2.24, 2.45) is 0 Å². The SMILES string of the molecule is O=C(c1cnn(-c2ccccc2)n1)N1CCS[C@H](c2ccc3c(c2)OCO3)CC1. The number of hydrogen-bond donors (Lipinski definition) is 0. The molecule has 2 aliphatic heterocycles. The number of ether oxygens (including phenoxy) is 2. The zero-order valence-electron chi connectivity index (χ0n) is 15.7. The van der Waals surface area contributed by atoms with Gasteiger partial charge in [-0.15, -0.1) is 5.10 Å². The van der Waals surface area contributed by atoms with Crippen LogP contribution in [0.3, 0.4) is 0 Å². The summed E-state index contributed by atoms with van der Waals surface area (Å²) in [5, 5.41) is 8.95. The number of thioether (sulfide) groups is 1.